The number of guanidine groups is 1. The van der Waals surface area contributed by atoms with Crippen LogP contribution < -0.4 is 0 Å². The molecular weight excluding hydrogens is 423 g/mol. The SMILES string of the molecule is CN(C)C(=NCC(c1cccc(Cl)c1)N1CCCC1)N(C)C.I. The van der Waals surface area contributed by atoms with Gasteiger partial charge in [-0.25, -0.2) is 0 Å². The van der Waals surface area contributed by atoms with Gasteiger partial charge in [0.25, 0.3) is 0 Å². The van der Waals surface area contributed by atoms with Gasteiger partial charge < -0.3 is 9.80 Å². The van der Waals surface area contributed by atoms with E-state index in [4.69, 9.17) is 16.6 Å². The van der Waals surface area contributed by atoms with Crippen molar-refractivity contribution in [1.29, 1.82) is 0 Å². The Balaban J connectivity index is 0.00000264. The molecule has 1 atom stereocenters. The molecule has 2 rings (SSSR count). The van der Waals surface area contributed by atoms with Crippen molar-refractivity contribution in [2.24, 2.45) is 4.99 Å². The number of hydrogen-bond acceptors (Lipinski definition) is 2. The zero-order valence-electron chi connectivity index (χ0n) is 14.5. The summed E-state index contributed by atoms with van der Waals surface area (Å²) in [6.45, 7) is 3.05. The third kappa shape index (κ3) is 5.80. The predicted molar refractivity (Wildman–Crippen MR) is 110 cm³/mol. The Kier molecular flexibility index (Phi) is 8.64. The number of hydrogen-bond donors (Lipinski definition) is 0. The number of rotatable bonds is 4. The summed E-state index contributed by atoms with van der Waals surface area (Å²) in [7, 11) is 8.12. The van der Waals surface area contributed by atoms with Gasteiger partial charge in [-0.2, -0.15) is 0 Å². The van der Waals surface area contributed by atoms with E-state index in [1.54, 1.807) is 0 Å². The quantitative estimate of drug-likeness (QED) is 0.398. The van der Waals surface area contributed by atoms with E-state index in [0.717, 1.165) is 30.6 Å². The lowest BCUT2D eigenvalue weighted by Gasteiger charge is -2.28. The first-order valence-electron chi connectivity index (χ1n) is 7.87. The van der Waals surface area contributed by atoms with Gasteiger partial charge in [-0.05, 0) is 43.6 Å². The van der Waals surface area contributed by atoms with Crippen molar-refractivity contribution in [2.45, 2.75) is 18.9 Å². The normalized spacial score (nSPS) is 15.7. The molecule has 4 nitrogen and oxygen atoms in total. The van der Waals surface area contributed by atoms with Gasteiger partial charge in [-0.3, -0.25) is 9.89 Å². The van der Waals surface area contributed by atoms with Crippen LogP contribution in [0.1, 0.15) is 24.4 Å². The molecule has 0 spiro atoms. The maximum absolute atomic E-state index is 6.19. The van der Waals surface area contributed by atoms with Crippen LogP contribution in [0.5, 0.6) is 0 Å². The van der Waals surface area contributed by atoms with Gasteiger partial charge >= 0.3 is 0 Å². The average molecular weight is 451 g/mol. The first kappa shape index (κ1) is 20.5. The topological polar surface area (TPSA) is 22.1 Å². The second kappa shape index (κ2) is 9.69. The highest BCUT2D eigenvalue weighted by Crippen LogP contribution is 2.27. The van der Waals surface area contributed by atoms with Crippen molar-refractivity contribution in [3.8, 4) is 0 Å². The molecule has 0 radical (unpaired) electrons. The molecular formula is C17H28ClIN4. The van der Waals surface area contributed by atoms with E-state index in [-0.39, 0.29) is 24.0 Å². The summed E-state index contributed by atoms with van der Waals surface area (Å²) < 4.78 is 0. The molecule has 0 bridgehead atoms. The van der Waals surface area contributed by atoms with E-state index in [2.05, 4.69) is 26.8 Å². The zero-order chi connectivity index (χ0) is 16.1. The highest BCUT2D eigenvalue weighted by atomic mass is 127. The second-order valence-corrected chi connectivity index (χ2v) is 6.68. The summed E-state index contributed by atoms with van der Waals surface area (Å²) >= 11 is 6.19. The van der Waals surface area contributed by atoms with Gasteiger partial charge in [0.2, 0.25) is 0 Å². The predicted octanol–water partition coefficient (Wildman–Crippen LogP) is 3.57. The molecule has 0 aromatic heterocycles. The van der Waals surface area contributed by atoms with Gasteiger partial charge in [0, 0.05) is 33.2 Å². The zero-order valence-corrected chi connectivity index (χ0v) is 17.6. The minimum atomic E-state index is 0. The Hall–Kier alpha value is -0.530. The molecule has 1 unspecified atom stereocenters. The molecule has 1 fully saturated rings. The molecule has 1 aliphatic heterocycles. The molecule has 0 N–H and O–H groups in total. The molecule has 0 saturated carbocycles. The molecule has 0 aliphatic carbocycles. The van der Waals surface area contributed by atoms with Crippen LogP contribution in [0.15, 0.2) is 29.3 Å². The lowest BCUT2D eigenvalue weighted by atomic mass is 10.1. The summed E-state index contributed by atoms with van der Waals surface area (Å²) in [6.07, 6.45) is 2.55. The van der Waals surface area contributed by atoms with E-state index >= 15 is 0 Å². The van der Waals surface area contributed by atoms with Crippen LogP contribution in [0, 0.1) is 0 Å². The molecule has 1 aromatic rings. The van der Waals surface area contributed by atoms with Crippen molar-refractivity contribution in [1.82, 2.24) is 14.7 Å². The maximum atomic E-state index is 6.19. The van der Waals surface area contributed by atoms with Crippen molar-refractivity contribution in [3.63, 3.8) is 0 Å². The number of halogens is 2. The standard InChI is InChI=1S/C17H27ClN4.HI/c1-20(2)17(21(3)4)19-13-16(22-10-5-6-11-22)14-8-7-9-15(18)12-14;/h7-9,12,16H,5-6,10-11,13H2,1-4H3;1H. The van der Waals surface area contributed by atoms with Crippen LogP contribution in [0.25, 0.3) is 0 Å². The molecule has 1 saturated heterocycles. The Labute approximate surface area is 162 Å². The highest BCUT2D eigenvalue weighted by Gasteiger charge is 2.23. The van der Waals surface area contributed by atoms with E-state index in [9.17, 15) is 0 Å². The molecule has 1 aromatic carbocycles. The fourth-order valence-electron chi connectivity index (χ4n) is 3.05. The number of benzene rings is 1. The Morgan fingerprint density at radius 2 is 1.78 bits per heavy atom. The van der Waals surface area contributed by atoms with E-state index in [0.29, 0.717) is 6.04 Å². The van der Waals surface area contributed by atoms with Gasteiger partial charge in [0.05, 0.1) is 12.6 Å². The smallest absolute Gasteiger partial charge is 0.195 e. The third-order valence-corrected chi connectivity index (χ3v) is 4.26. The molecule has 23 heavy (non-hydrogen) atoms. The number of nitrogens with zero attached hydrogens (tertiary/aromatic N) is 4. The molecule has 1 heterocycles. The monoisotopic (exact) mass is 450 g/mol. The summed E-state index contributed by atoms with van der Waals surface area (Å²) in [4.78, 5) is 11.5. The summed E-state index contributed by atoms with van der Waals surface area (Å²) in [5, 5.41) is 0.797. The van der Waals surface area contributed by atoms with Crippen LogP contribution in [0.4, 0.5) is 0 Å². The first-order valence-corrected chi connectivity index (χ1v) is 8.25. The summed E-state index contributed by atoms with van der Waals surface area (Å²) in [5.74, 6) is 0.992. The van der Waals surface area contributed by atoms with Gasteiger partial charge in [-0.15, -0.1) is 24.0 Å². The van der Waals surface area contributed by atoms with Crippen molar-refractivity contribution < 1.29 is 0 Å². The van der Waals surface area contributed by atoms with E-state index in [1.165, 1.54) is 18.4 Å². The van der Waals surface area contributed by atoms with Crippen LogP contribution in [-0.4, -0.2) is 68.5 Å². The van der Waals surface area contributed by atoms with Crippen LogP contribution in [-0.2, 0) is 0 Å². The maximum Gasteiger partial charge on any atom is 0.195 e. The fourth-order valence-corrected chi connectivity index (χ4v) is 3.25. The second-order valence-electron chi connectivity index (χ2n) is 6.24. The Morgan fingerprint density at radius 1 is 1.17 bits per heavy atom. The van der Waals surface area contributed by atoms with Crippen LogP contribution >= 0.6 is 35.6 Å². The summed E-state index contributed by atoms with van der Waals surface area (Å²) in [6, 6.07) is 8.50. The van der Waals surface area contributed by atoms with Gasteiger partial charge in [0.15, 0.2) is 5.96 Å². The van der Waals surface area contributed by atoms with Gasteiger partial charge in [-0.1, -0.05) is 23.7 Å². The minimum Gasteiger partial charge on any atom is -0.349 e. The lowest BCUT2D eigenvalue weighted by Crippen LogP contribution is -2.36. The molecule has 130 valence electrons. The van der Waals surface area contributed by atoms with Gasteiger partial charge in [0.1, 0.15) is 0 Å². The van der Waals surface area contributed by atoms with Crippen molar-refractivity contribution in [3.05, 3.63) is 34.9 Å². The largest absolute Gasteiger partial charge is 0.349 e. The van der Waals surface area contributed by atoms with Crippen molar-refractivity contribution in [2.75, 3.05) is 47.8 Å². The molecule has 1 aliphatic rings. The summed E-state index contributed by atoms with van der Waals surface area (Å²) in [5.41, 5.74) is 1.26. The third-order valence-electron chi connectivity index (χ3n) is 4.02. The first-order chi connectivity index (χ1) is 10.5. The Morgan fingerprint density at radius 3 is 2.30 bits per heavy atom. The van der Waals surface area contributed by atoms with Crippen molar-refractivity contribution >= 4 is 41.5 Å². The van der Waals surface area contributed by atoms with Crippen LogP contribution in [0.3, 0.4) is 0 Å². The Bertz CT molecular complexity index is 503. The highest BCUT2D eigenvalue weighted by molar-refractivity contribution is 14.0. The minimum absolute atomic E-state index is 0. The lowest BCUT2D eigenvalue weighted by molar-refractivity contribution is 0.250. The van der Waals surface area contributed by atoms with Crippen LogP contribution in [0.2, 0.25) is 5.02 Å². The fraction of sp³-hybridized carbons (Fsp3) is 0.588. The number of likely N-dealkylation sites (tertiary alicyclic amines) is 1. The van der Waals surface area contributed by atoms with E-state index in [1.807, 2.05) is 40.3 Å². The average Bonchev–Trinajstić information content (AvgIpc) is 2.96. The number of aliphatic imine (C=N–C) groups is 1. The molecule has 0 amide bonds. The van der Waals surface area contributed by atoms with E-state index < -0.39 is 0 Å². The molecule has 6 heteroatoms.